The van der Waals surface area contributed by atoms with Crippen molar-refractivity contribution in [3.63, 3.8) is 0 Å². The first-order chi connectivity index (χ1) is 25.8. The topological polar surface area (TPSA) is 29.3 Å². The predicted molar refractivity (Wildman–Crippen MR) is 218 cm³/mol. The molecule has 0 spiro atoms. The Bertz CT molecular complexity index is 2880. The average molecular weight is 665 g/mol. The van der Waals surface area contributed by atoms with Crippen LogP contribution in [0.5, 0.6) is 0 Å². The third-order valence-corrected chi connectivity index (χ3v) is 10.1. The number of furan rings is 1. The van der Waals surface area contributed by atoms with Crippen LogP contribution in [0.15, 0.2) is 199 Å². The SMILES string of the molecule is c1ccc(-c2ccccc2-c2ccc(N(c3ccc(-c4cccc5ccccc45)cc3)c3ccnc4cc5c(cc34)oc3ccccc35)cc2)cc1. The zero-order valence-corrected chi connectivity index (χ0v) is 28.3. The molecule has 0 aliphatic heterocycles. The van der Waals surface area contributed by atoms with E-state index < -0.39 is 0 Å². The van der Waals surface area contributed by atoms with Gasteiger partial charge in [0.2, 0.25) is 0 Å². The molecule has 2 heterocycles. The summed E-state index contributed by atoms with van der Waals surface area (Å²) in [4.78, 5) is 7.19. The molecule has 0 aliphatic rings. The fourth-order valence-corrected chi connectivity index (χ4v) is 7.63. The number of fused-ring (bicyclic) bond motifs is 5. The van der Waals surface area contributed by atoms with Gasteiger partial charge in [0.05, 0.1) is 11.2 Å². The Kier molecular flexibility index (Phi) is 7.14. The maximum atomic E-state index is 6.37. The molecule has 3 nitrogen and oxygen atoms in total. The lowest BCUT2D eigenvalue weighted by molar-refractivity contribution is 0.669. The molecular formula is C49H32N2O. The van der Waals surface area contributed by atoms with E-state index in [1.807, 2.05) is 18.3 Å². The van der Waals surface area contributed by atoms with Gasteiger partial charge in [0.25, 0.3) is 0 Å². The van der Waals surface area contributed by atoms with Crippen LogP contribution in [0, 0.1) is 0 Å². The van der Waals surface area contributed by atoms with Crippen molar-refractivity contribution < 1.29 is 4.42 Å². The average Bonchev–Trinajstić information content (AvgIpc) is 3.58. The number of benzene rings is 8. The highest BCUT2D eigenvalue weighted by Gasteiger charge is 2.19. The van der Waals surface area contributed by atoms with E-state index in [2.05, 4.69) is 181 Å². The van der Waals surface area contributed by atoms with Gasteiger partial charge in [0, 0.05) is 33.7 Å². The van der Waals surface area contributed by atoms with Crippen LogP contribution in [0.1, 0.15) is 0 Å². The summed E-state index contributed by atoms with van der Waals surface area (Å²) in [6.07, 6.45) is 1.91. The fourth-order valence-electron chi connectivity index (χ4n) is 7.63. The number of para-hydroxylation sites is 1. The van der Waals surface area contributed by atoms with Crippen LogP contribution in [-0.4, -0.2) is 4.98 Å². The van der Waals surface area contributed by atoms with E-state index in [0.29, 0.717) is 0 Å². The zero-order chi connectivity index (χ0) is 34.4. The van der Waals surface area contributed by atoms with Crippen molar-refractivity contribution in [3.05, 3.63) is 194 Å². The molecule has 2 aromatic heterocycles. The Morgan fingerprint density at radius 2 is 0.962 bits per heavy atom. The number of aromatic nitrogens is 1. The highest BCUT2D eigenvalue weighted by Crippen LogP contribution is 2.43. The quantitative estimate of drug-likeness (QED) is 0.177. The van der Waals surface area contributed by atoms with Crippen LogP contribution in [0.3, 0.4) is 0 Å². The molecule has 10 aromatic rings. The summed E-state index contributed by atoms with van der Waals surface area (Å²) < 4.78 is 6.37. The van der Waals surface area contributed by atoms with Gasteiger partial charge in [-0.05, 0) is 92.7 Å². The number of nitrogens with zero attached hydrogens (tertiary/aromatic N) is 2. The lowest BCUT2D eigenvalue weighted by atomic mass is 9.94. The van der Waals surface area contributed by atoms with Crippen molar-refractivity contribution in [3.8, 4) is 33.4 Å². The van der Waals surface area contributed by atoms with Crippen molar-refractivity contribution in [1.29, 1.82) is 0 Å². The van der Waals surface area contributed by atoms with Crippen LogP contribution in [0.2, 0.25) is 0 Å². The molecule has 3 heteroatoms. The number of rotatable bonds is 6. The third-order valence-electron chi connectivity index (χ3n) is 10.1. The van der Waals surface area contributed by atoms with E-state index >= 15 is 0 Å². The summed E-state index contributed by atoms with van der Waals surface area (Å²) in [5.74, 6) is 0. The molecule has 10 rings (SSSR count). The van der Waals surface area contributed by atoms with Crippen LogP contribution in [0.4, 0.5) is 17.1 Å². The van der Waals surface area contributed by atoms with E-state index in [9.17, 15) is 0 Å². The largest absolute Gasteiger partial charge is 0.456 e. The van der Waals surface area contributed by atoms with Crippen LogP contribution in [0.25, 0.3) is 77.0 Å². The Labute approximate surface area is 301 Å². The van der Waals surface area contributed by atoms with Crippen molar-refractivity contribution >= 4 is 60.7 Å². The highest BCUT2D eigenvalue weighted by atomic mass is 16.3. The minimum atomic E-state index is 0.849. The van der Waals surface area contributed by atoms with E-state index in [1.165, 1.54) is 38.6 Å². The Morgan fingerprint density at radius 3 is 1.71 bits per heavy atom. The first-order valence-corrected chi connectivity index (χ1v) is 17.6. The van der Waals surface area contributed by atoms with Gasteiger partial charge in [-0.3, -0.25) is 4.98 Å². The number of pyridine rings is 1. The molecule has 0 radical (unpaired) electrons. The van der Waals surface area contributed by atoms with Crippen LogP contribution in [-0.2, 0) is 0 Å². The molecule has 0 saturated carbocycles. The van der Waals surface area contributed by atoms with Gasteiger partial charge in [-0.2, -0.15) is 0 Å². The minimum Gasteiger partial charge on any atom is -0.456 e. The van der Waals surface area contributed by atoms with Gasteiger partial charge in [-0.15, -0.1) is 0 Å². The van der Waals surface area contributed by atoms with Crippen molar-refractivity contribution in [1.82, 2.24) is 4.98 Å². The van der Waals surface area contributed by atoms with Gasteiger partial charge in [0.15, 0.2) is 0 Å². The summed E-state index contributed by atoms with van der Waals surface area (Å²) in [5.41, 5.74) is 13.0. The molecule has 0 saturated heterocycles. The first-order valence-electron chi connectivity index (χ1n) is 17.6. The van der Waals surface area contributed by atoms with Crippen LogP contribution >= 0.6 is 0 Å². The van der Waals surface area contributed by atoms with Gasteiger partial charge >= 0.3 is 0 Å². The van der Waals surface area contributed by atoms with E-state index in [-0.39, 0.29) is 0 Å². The second kappa shape index (κ2) is 12.4. The van der Waals surface area contributed by atoms with Crippen molar-refractivity contribution in [2.75, 3.05) is 4.90 Å². The molecule has 0 atom stereocenters. The monoisotopic (exact) mass is 664 g/mol. The maximum absolute atomic E-state index is 6.37. The molecule has 52 heavy (non-hydrogen) atoms. The lowest BCUT2D eigenvalue weighted by Crippen LogP contribution is -2.10. The summed E-state index contributed by atoms with van der Waals surface area (Å²) in [6.45, 7) is 0. The predicted octanol–water partition coefficient (Wildman–Crippen LogP) is 13.8. The molecule has 244 valence electrons. The minimum absolute atomic E-state index is 0.849. The van der Waals surface area contributed by atoms with Crippen molar-refractivity contribution in [2.45, 2.75) is 0 Å². The Hall–Kier alpha value is -6.97. The third kappa shape index (κ3) is 5.10. The molecule has 0 aliphatic carbocycles. The summed E-state index contributed by atoms with van der Waals surface area (Å²) in [6, 6.07) is 66.7. The second-order valence-electron chi connectivity index (χ2n) is 13.2. The van der Waals surface area contributed by atoms with E-state index in [1.54, 1.807) is 0 Å². The Morgan fingerprint density at radius 1 is 0.385 bits per heavy atom. The summed E-state index contributed by atoms with van der Waals surface area (Å²) in [5, 5.41) is 5.67. The summed E-state index contributed by atoms with van der Waals surface area (Å²) in [7, 11) is 0. The molecule has 8 aromatic carbocycles. The molecule has 0 amide bonds. The standard InChI is InChI=1S/C49H32N2O/c1-2-11-33(12-3-1)39-16-6-7-17-41(39)35-21-25-37(26-22-35)51(38-27-23-36(24-28-38)42-19-10-14-34-13-4-5-15-40(34)42)47-29-30-50-46-31-44-43-18-8-9-20-48(43)52-49(44)32-45(46)47/h1-32H. The summed E-state index contributed by atoms with van der Waals surface area (Å²) >= 11 is 0. The van der Waals surface area contributed by atoms with Gasteiger partial charge < -0.3 is 9.32 Å². The maximum Gasteiger partial charge on any atom is 0.136 e. The number of anilines is 3. The smallest absolute Gasteiger partial charge is 0.136 e. The normalized spacial score (nSPS) is 11.5. The number of hydrogen-bond donors (Lipinski definition) is 0. The molecule has 0 fully saturated rings. The number of hydrogen-bond acceptors (Lipinski definition) is 3. The molecular weight excluding hydrogens is 633 g/mol. The zero-order valence-electron chi connectivity index (χ0n) is 28.3. The highest BCUT2D eigenvalue weighted by molar-refractivity contribution is 6.12. The molecule has 0 N–H and O–H groups in total. The fraction of sp³-hybridized carbons (Fsp3) is 0. The van der Waals surface area contributed by atoms with Gasteiger partial charge in [-0.25, -0.2) is 0 Å². The van der Waals surface area contributed by atoms with E-state index in [4.69, 9.17) is 9.40 Å². The molecule has 0 unspecified atom stereocenters. The lowest BCUT2D eigenvalue weighted by Gasteiger charge is -2.27. The Balaban J connectivity index is 1.13. The first kappa shape index (κ1) is 29.9. The van der Waals surface area contributed by atoms with Crippen LogP contribution < -0.4 is 4.90 Å². The van der Waals surface area contributed by atoms with E-state index in [0.717, 1.165) is 55.5 Å². The van der Waals surface area contributed by atoms with Gasteiger partial charge in [-0.1, -0.05) is 140 Å². The second-order valence-corrected chi connectivity index (χ2v) is 13.2. The van der Waals surface area contributed by atoms with Gasteiger partial charge in [0.1, 0.15) is 11.2 Å². The molecule has 0 bridgehead atoms. The van der Waals surface area contributed by atoms with Crippen molar-refractivity contribution in [2.24, 2.45) is 0 Å².